The van der Waals surface area contributed by atoms with E-state index in [9.17, 15) is 22.9 Å². The molecule has 3 heterocycles. The number of halogens is 1. The molecule has 0 atom stereocenters. The Labute approximate surface area is 225 Å². The highest BCUT2D eigenvalue weighted by molar-refractivity contribution is 7.90. The van der Waals surface area contributed by atoms with Gasteiger partial charge < -0.3 is 9.47 Å². The van der Waals surface area contributed by atoms with E-state index in [0.717, 1.165) is 12.8 Å². The molecule has 39 heavy (non-hydrogen) atoms. The number of nitrogens with one attached hydrogen (secondary N) is 1. The van der Waals surface area contributed by atoms with Gasteiger partial charge in [0.15, 0.2) is 10.6 Å². The molecule has 1 saturated heterocycles. The van der Waals surface area contributed by atoms with Crippen LogP contribution < -0.4 is 4.72 Å². The summed E-state index contributed by atoms with van der Waals surface area (Å²) in [5.41, 5.74) is 1.85. The minimum atomic E-state index is -4.32. The van der Waals surface area contributed by atoms with E-state index < -0.39 is 27.3 Å². The lowest BCUT2D eigenvalue weighted by Gasteiger charge is -2.40. The second-order valence-electron chi connectivity index (χ2n) is 10.2. The van der Waals surface area contributed by atoms with Gasteiger partial charge in [0.1, 0.15) is 17.6 Å². The zero-order chi connectivity index (χ0) is 27.9. The van der Waals surface area contributed by atoms with Crippen molar-refractivity contribution in [2.75, 3.05) is 20.3 Å². The third-order valence-corrected chi connectivity index (χ3v) is 8.30. The topological polar surface area (TPSA) is 136 Å². The molecule has 12 heteroatoms. The van der Waals surface area contributed by atoms with E-state index in [0.29, 0.717) is 27.9 Å². The van der Waals surface area contributed by atoms with Crippen LogP contribution in [-0.2, 0) is 36.3 Å². The van der Waals surface area contributed by atoms with Crippen LogP contribution in [0, 0.1) is 17.1 Å². The summed E-state index contributed by atoms with van der Waals surface area (Å²) in [6.07, 6.45) is 2.83. The summed E-state index contributed by atoms with van der Waals surface area (Å²) >= 11 is 0. The molecule has 2 aromatic heterocycles. The molecule has 1 saturated carbocycles. The number of aromatic nitrogens is 3. The van der Waals surface area contributed by atoms with Crippen molar-refractivity contribution in [2.24, 2.45) is 0 Å². The van der Waals surface area contributed by atoms with Crippen LogP contribution in [0.1, 0.15) is 61.2 Å². The number of sulfonamides is 1. The molecule has 5 rings (SSSR count). The Bertz CT molecular complexity index is 1580. The molecule has 3 aromatic rings. The van der Waals surface area contributed by atoms with Crippen LogP contribution in [0.4, 0.5) is 4.39 Å². The molecule has 10 nitrogen and oxygen atoms in total. The summed E-state index contributed by atoms with van der Waals surface area (Å²) in [5.74, 6) is -1.47. The van der Waals surface area contributed by atoms with Gasteiger partial charge in [-0.15, -0.1) is 0 Å². The van der Waals surface area contributed by atoms with E-state index in [2.05, 4.69) is 14.8 Å². The minimum absolute atomic E-state index is 0.0707. The van der Waals surface area contributed by atoms with Gasteiger partial charge in [-0.3, -0.25) is 9.48 Å². The number of hydrogen-bond donors (Lipinski definition) is 1. The molecular formula is C27H28FN5O5S. The summed E-state index contributed by atoms with van der Waals surface area (Å²) in [7, 11) is -2.78. The van der Waals surface area contributed by atoms with Crippen molar-refractivity contribution in [1.82, 2.24) is 19.5 Å². The Kier molecular flexibility index (Phi) is 7.00. The lowest BCUT2D eigenvalue weighted by Crippen LogP contribution is -2.49. The molecule has 2 fully saturated rings. The summed E-state index contributed by atoms with van der Waals surface area (Å²) in [5, 5.41) is 13.3. The summed E-state index contributed by atoms with van der Waals surface area (Å²) in [6, 6.07) is 9.18. The van der Waals surface area contributed by atoms with Gasteiger partial charge in [-0.05, 0) is 65.3 Å². The molecule has 204 valence electrons. The predicted molar refractivity (Wildman–Crippen MR) is 137 cm³/mol. The summed E-state index contributed by atoms with van der Waals surface area (Å²) < 4.78 is 56.0. The largest absolute Gasteiger partial charge is 0.374 e. The summed E-state index contributed by atoms with van der Waals surface area (Å²) in [6.45, 7) is 4.26. The van der Waals surface area contributed by atoms with Crippen LogP contribution in [0.25, 0.3) is 11.1 Å². The van der Waals surface area contributed by atoms with Crippen molar-refractivity contribution < 1.29 is 27.1 Å². The number of carbonyl (C=O) groups excluding carboxylic acids is 1. The average molecular weight is 554 g/mol. The Morgan fingerprint density at radius 2 is 2.05 bits per heavy atom. The Balaban J connectivity index is 1.47. The van der Waals surface area contributed by atoms with Gasteiger partial charge in [-0.1, -0.05) is 13.8 Å². The van der Waals surface area contributed by atoms with Crippen molar-refractivity contribution >= 4 is 15.9 Å². The molecule has 0 radical (unpaired) electrons. The van der Waals surface area contributed by atoms with E-state index in [1.165, 1.54) is 37.6 Å². The smallest absolute Gasteiger partial charge is 0.283 e. The van der Waals surface area contributed by atoms with Crippen molar-refractivity contribution in [3.05, 3.63) is 64.9 Å². The lowest BCUT2D eigenvalue weighted by molar-refractivity contribution is -0.206. The fourth-order valence-corrected chi connectivity index (χ4v) is 5.72. The Morgan fingerprint density at radius 1 is 1.31 bits per heavy atom. The fraction of sp³-hybridized carbons (Fsp3) is 0.407. The van der Waals surface area contributed by atoms with Crippen LogP contribution in [0.5, 0.6) is 0 Å². The Morgan fingerprint density at radius 3 is 2.64 bits per heavy atom. The van der Waals surface area contributed by atoms with Crippen molar-refractivity contribution in [3.63, 3.8) is 0 Å². The number of carbonyl (C=O) groups is 1. The lowest BCUT2D eigenvalue weighted by atomic mass is 9.88. The van der Waals surface area contributed by atoms with Gasteiger partial charge in [0.25, 0.3) is 10.0 Å². The van der Waals surface area contributed by atoms with Gasteiger partial charge in [-0.2, -0.15) is 18.8 Å². The zero-order valence-electron chi connectivity index (χ0n) is 21.8. The van der Waals surface area contributed by atoms with Crippen LogP contribution in [0.2, 0.25) is 0 Å². The van der Waals surface area contributed by atoms with Gasteiger partial charge >= 0.3 is 0 Å². The maximum absolute atomic E-state index is 14.6. The van der Waals surface area contributed by atoms with E-state index in [4.69, 9.17) is 9.47 Å². The van der Waals surface area contributed by atoms with Crippen molar-refractivity contribution in [3.8, 4) is 17.2 Å². The van der Waals surface area contributed by atoms with Gasteiger partial charge in [-0.25, -0.2) is 14.1 Å². The molecule has 1 aliphatic heterocycles. The number of ether oxygens (including phenoxy) is 2. The number of nitrogens with zero attached hydrogens (tertiary/aromatic N) is 4. The molecular weight excluding hydrogens is 525 g/mol. The highest BCUT2D eigenvalue weighted by Gasteiger charge is 2.46. The predicted octanol–water partition coefficient (Wildman–Crippen LogP) is 3.33. The zero-order valence-corrected chi connectivity index (χ0v) is 22.6. The molecule has 1 aromatic carbocycles. The number of methoxy groups -OCH3 is 1. The number of pyridine rings is 1. The highest BCUT2D eigenvalue weighted by atomic mass is 32.2. The number of benzene rings is 1. The Hall–Kier alpha value is -3.66. The first-order valence-corrected chi connectivity index (χ1v) is 14.0. The molecule has 0 bridgehead atoms. The SMILES string of the molecule is COC1(c2cc(S(=O)(=O)NC(=O)Cc3c(-c4ccnc(C#N)c4)cc(F)cc3C(C)C)nn2C2CC2)COC1. The highest BCUT2D eigenvalue weighted by Crippen LogP contribution is 2.42. The van der Waals surface area contributed by atoms with E-state index >= 15 is 0 Å². The molecule has 1 amide bonds. The first-order valence-electron chi connectivity index (χ1n) is 12.5. The molecule has 0 unspecified atom stereocenters. The fourth-order valence-electron chi connectivity index (χ4n) is 4.78. The standard InChI is InChI=1S/C27H28FN5O5S/c1-16(2)21-9-18(28)10-22(17-6-7-30-19(8-17)13-29)23(21)11-25(34)32-39(35,36)26-12-24(27(37-3)14-38-15-27)33(31-26)20-4-5-20/h6-10,12,16,20H,4-5,11,14-15H2,1-3H3,(H,32,34). The first kappa shape index (κ1) is 26.9. The molecule has 0 spiro atoms. The van der Waals surface area contributed by atoms with Crippen molar-refractivity contribution in [2.45, 2.75) is 55.7 Å². The third kappa shape index (κ3) is 5.17. The van der Waals surface area contributed by atoms with E-state index in [-0.39, 0.29) is 42.3 Å². The number of rotatable bonds is 9. The second kappa shape index (κ2) is 10.1. The summed E-state index contributed by atoms with van der Waals surface area (Å²) in [4.78, 5) is 17.2. The van der Waals surface area contributed by atoms with Crippen LogP contribution in [0.15, 0.2) is 41.6 Å². The van der Waals surface area contributed by atoms with Gasteiger partial charge in [0.2, 0.25) is 5.91 Å². The third-order valence-electron chi connectivity index (χ3n) is 7.05. The molecule has 1 aliphatic carbocycles. The maximum Gasteiger partial charge on any atom is 0.283 e. The van der Waals surface area contributed by atoms with Crippen LogP contribution in [-0.4, -0.2) is 49.4 Å². The molecule has 1 N–H and O–H groups in total. The number of amides is 1. The van der Waals surface area contributed by atoms with Gasteiger partial charge in [0, 0.05) is 19.4 Å². The normalized spacial score (nSPS) is 16.5. The van der Waals surface area contributed by atoms with E-state index in [1.54, 1.807) is 10.7 Å². The second-order valence-corrected chi connectivity index (χ2v) is 11.8. The monoisotopic (exact) mass is 553 g/mol. The van der Waals surface area contributed by atoms with E-state index in [1.807, 2.05) is 19.9 Å². The first-order chi connectivity index (χ1) is 18.6. The van der Waals surface area contributed by atoms with Crippen molar-refractivity contribution in [1.29, 1.82) is 5.26 Å². The maximum atomic E-state index is 14.6. The van der Waals surface area contributed by atoms with Crippen LogP contribution >= 0.6 is 0 Å². The minimum Gasteiger partial charge on any atom is -0.374 e. The number of nitriles is 1. The van der Waals surface area contributed by atoms with Crippen LogP contribution in [0.3, 0.4) is 0 Å². The quantitative estimate of drug-likeness (QED) is 0.426. The molecule has 2 aliphatic rings. The van der Waals surface area contributed by atoms with Gasteiger partial charge in [0.05, 0.1) is 31.4 Å². The number of hydrogen-bond acceptors (Lipinski definition) is 8. The average Bonchev–Trinajstić information content (AvgIpc) is 3.62.